The minimum atomic E-state index is -0.346. The van der Waals surface area contributed by atoms with Crippen molar-refractivity contribution in [2.45, 2.75) is 25.8 Å². The molecule has 0 bridgehead atoms. The highest BCUT2D eigenvalue weighted by Crippen LogP contribution is 2.18. The van der Waals surface area contributed by atoms with Crippen LogP contribution in [0.4, 0.5) is 9.59 Å². The van der Waals surface area contributed by atoms with Crippen LogP contribution in [0.5, 0.6) is 0 Å². The van der Waals surface area contributed by atoms with Crippen molar-refractivity contribution in [2.75, 3.05) is 26.2 Å². The highest BCUT2D eigenvalue weighted by atomic mass is 16.2. The summed E-state index contributed by atoms with van der Waals surface area (Å²) in [5.41, 5.74) is 0. The normalized spacial score (nSPS) is 23.5. The van der Waals surface area contributed by atoms with E-state index in [1.54, 1.807) is 4.90 Å². The Hall–Kier alpha value is -1.79. The maximum absolute atomic E-state index is 11.7. The fourth-order valence-corrected chi connectivity index (χ4v) is 2.29. The zero-order valence-electron chi connectivity index (χ0n) is 10.4. The van der Waals surface area contributed by atoms with Gasteiger partial charge in [0.2, 0.25) is 5.91 Å². The molecule has 7 nitrogen and oxygen atoms in total. The van der Waals surface area contributed by atoms with Gasteiger partial charge in [-0.2, -0.15) is 0 Å². The molecule has 0 aromatic heterocycles. The van der Waals surface area contributed by atoms with Crippen LogP contribution in [0.25, 0.3) is 0 Å². The monoisotopic (exact) mass is 254 g/mol. The Balaban J connectivity index is 1.90. The topological polar surface area (TPSA) is 81.8 Å². The smallest absolute Gasteiger partial charge is 0.324 e. The van der Waals surface area contributed by atoms with E-state index in [0.29, 0.717) is 26.1 Å². The van der Waals surface area contributed by atoms with E-state index in [1.807, 2.05) is 6.92 Å². The molecule has 5 amide bonds. The lowest BCUT2D eigenvalue weighted by Gasteiger charge is -2.21. The summed E-state index contributed by atoms with van der Waals surface area (Å²) in [6.07, 6.45) is 1.54. The predicted molar refractivity (Wildman–Crippen MR) is 63.9 cm³/mol. The molecule has 2 aliphatic heterocycles. The summed E-state index contributed by atoms with van der Waals surface area (Å²) in [7, 11) is 0. The highest BCUT2D eigenvalue weighted by Gasteiger charge is 2.39. The molecule has 100 valence electrons. The van der Waals surface area contributed by atoms with Crippen molar-refractivity contribution in [3.63, 3.8) is 0 Å². The van der Waals surface area contributed by atoms with Crippen molar-refractivity contribution in [1.29, 1.82) is 0 Å². The molecule has 0 aromatic rings. The molecule has 0 aromatic carbocycles. The Morgan fingerprint density at radius 2 is 2.28 bits per heavy atom. The summed E-state index contributed by atoms with van der Waals surface area (Å²) in [5.74, 6) is -0.208. The van der Waals surface area contributed by atoms with Crippen molar-refractivity contribution in [3.05, 3.63) is 0 Å². The summed E-state index contributed by atoms with van der Waals surface area (Å²) >= 11 is 0. The van der Waals surface area contributed by atoms with Crippen LogP contribution in [0.3, 0.4) is 0 Å². The van der Waals surface area contributed by atoms with E-state index in [4.69, 9.17) is 0 Å². The number of amides is 5. The minimum absolute atomic E-state index is 0.0668. The molecule has 2 rings (SSSR count). The number of hydrogen-bond acceptors (Lipinski definition) is 3. The van der Waals surface area contributed by atoms with Gasteiger partial charge in [-0.15, -0.1) is 0 Å². The Bertz CT molecular complexity index is 355. The second-order valence-electron chi connectivity index (χ2n) is 4.54. The quantitative estimate of drug-likeness (QED) is 0.680. The Morgan fingerprint density at radius 1 is 1.50 bits per heavy atom. The van der Waals surface area contributed by atoms with E-state index in [1.165, 1.54) is 4.90 Å². The number of imide groups is 1. The van der Waals surface area contributed by atoms with Crippen LogP contribution >= 0.6 is 0 Å². The molecule has 0 aliphatic carbocycles. The van der Waals surface area contributed by atoms with Crippen LogP contribution in [0.15, 0.2) is 0 Å². The number of rotatable bonds is 3. The van der Waals surface area contributed by atoms with Gasteiger partial charge in [-0.25, -0.2) is 9.59 Å². The Morgan fingerprint density at radius 3 is 2.89 bits per heavy atom. The third-order valence-electron chi connectivity index (χ3n) is 3.22. The average Bonchev–Trinajstić information content (AvgIpc) is 2.93. The molecule has 0 spiro atoms. The number of urea groups is 2. The molecule has 2 fully saturated rings. The summed E-state index contributed by atoms with van der Waals surface area (Å²) in [6, 6.07) is -0.653. The number of nitrogens with one attached hydrogen (secondary N) is 2. The number of likely N-dealkylation sites (tertiary alicyclic amines) is 1. The average molecular weight is 254 g/mol. The predicted octanol–water partition coefficient (Wildman–Crippen LogP) is -0.268. The van der Waals surface area contributed by atoms with Gasteiger partial charge in [0.1, 0.15) is 0 Å². The maximum atomic E-state index is 11.7. The van der Waals surface area contributed by atoms with Gasteiger partial charge < -0.3 is 15.5 Å². The Kier molecular flexibility index (Phi) is 3.69. The van der Waals surface area contributed by atoms with Crippen molar-refractivity contribution in [3.8, 4) is 0 Å². The molecule has 1 atom stereocenters. The molecule has 2 N–H and O–H groups in total. The number of nitrogens with zero attached hydrogens (tertiary/aromatic N) is 2. The fourth-order valence-electron chi connectivity index (χ4n) is 2.29. The maximum Gasteiger partial charge on any atom is 0.324 e. The standard InChI is InChI=1S/C11H18N4O3/c1-2-4-12-10(17)14-5-3-8(7-14)15-9(16)6-13-11(15)18/h8H,2-7H2,1H3,(H,12,17)(H,13,18). The van der Waals surface area contributed by atoms with Crippen LogP contribution in [0.2, 0.25) is 0 Å². The van der Waals surface area contributed by atoms with E-state index in [9.17, 15) is 14.4 Å². The van der Waals surface area contributed by atoms with Gasteiger partial charge in [0.05, 0.1) is 12.6 Å². The van der Waals surface area contributed by atoms with Gasteiger partial charge in [0.25, 0.3) is 0 Å². The lowest BCUT2D eigenvalue weighted by molar-refractivity contribution is -0.126. The SMILES string of the molecule is CCCNC(=O)N1CCC(N2C(=O)CNC2=O)C1. The van der Waals surface area contributed by atoms with Crippen molar-refractivity contribution in [1.82, 2.24) is 20.4 Å². The first-order chi connectivity index (χ1) is 8.63. The van der Waals surface area contributed by atoms with Crippen LogP contribution in [0.1, 0.15) is 19.8 Å². The van der Waals surface area contributed by atoms with E-state index >= 15 is 0 Å². The number of carbonyl (C=O) groups excluding carboxylic acids is 3. The van der Waals surface area contributed by atoms with Crippen molar-refractivity contribution in [2.24, 2.45) is 0 Å². The summed E-state index contributed by atoms with van der Waals surface area (Å²) in [6.45, 7) is 3.70. The zero-order valence-corrected chi connectivity index (χ0v) is 10.4. The molecule has 2 saturated heterocycles. The van der Waals surface area contributed by atoms with Gasteiger partial charge in [0.15, 0.2) is 0 Å². The van der Waals surface area contributed by atoms with Gasteiger partial charge in [-0.1, -0.05) is 6.92 Å². The molecule has 0 saturated carbocycles. The van der Waals surface area contributed by atoms with Gasteiger partial charge in [-0.3, -0.25) is 9.69 Å². The van der Waals surface area contributed by atoms with E-state index in [2.05, 4.69) is 10.6 Å². The second-order valence-corrected chi connectivity index (χ2v) is 4.54. The molecular weight excluding hydrogens is 236 g/mol. The molecular formula is C11H18N4O3. The lowest BCUT2D eigenvalue weighted by Crippen LogP contribution is -2.44. The third kappa shape index (κ3) is 2.39. The first kappa shape index (κ1) is 12.7. The number of carbonyl (C=O) groups is 3. The van der Waals surface area contributed by atoms with E-state index in [-0.39, 0.29) is 30.6 Å². The molecule has 0 radical (unpaired) electrons. The van der Waals surface area contributed by atoms with Crippen LogP contribution in [0, 0.1) is 0 Å². The lowest BCUT2D eigenvalue weighted by atomic mass is 10.2. The molecule has 1 unspecified atom stereocenters. The summed E-state index contributed by atoms with van der Waals surface area (Å²) in [4.78, 5) is 37.7. The van der Waals surface area contributed by atoms with E-state index < -0.39 is 0 Å². The van der Waals surface area contributed by atoms with Gasteiger partial charge >= 0.3 is 12.1 Å². The van der Waals surface area contributed by atoms with Gasteiger partial charge in [0, 0.05) is 19.6 Å². The molecule has 18 heavy (non-hydrogen) atoms. The third-order valence-corrected chi connectivity index (χ3v) is 3.22. The van der Waals surface area contributed by atoms with Crippen LogP contribution in [-0.4, -0.2) is 60.0 Å². The van der Waals surface area contributed by atoms with Crippen LogP contribution < -0.4 is 10.6 Å². The largest absolute Gasteiger partial charge is 0.338 e. The van der Waals surface area contributed by atoms with Gasteiger partial charge in [-0.05, 0) is 12.8 Å². The zero-order chi connectivity index (χ0) is 13.1. The second kappa shape index (κ2) is 5.24. The van der Waals surface area contributed by atoms with Crippen molar-refractivity contribution < 1.29 is 14.4 Å². The highest BCUT2D eigenvalue weighted by molar-refractivity contribution is 6.02. The fraction of sp³-hybridized carbons (Fsp3) is 0.727. The first-order valence-corrected chi connectivity index (χ1v) is 6.26. The summed E-state index contributed by atoms with van der Waals surface area (Å²) in [5, 5.41) is 5.28. The molecule has 7 heteroatoms. The van der Waals surface area contributed by atoms with Crippen molar-refractivity contribution >= 4 is 18.0 Å². The first-order valence-electron chi connectivity index (χ1n) is 6.26. The molecule has 2 heterocycles. The number of hydrogen-bond donors (Lipinski definition) is 2. The van der Waals surface area contributed by atoms with E-state index in [0.717, 1.165) is 6.42 Å². The molecule has 2 aliphatic rings. The Labute approximate surface area is 105 Å². The minimum Gasteiger partial charge on any atom is -0.338 e. The summed E-state index contributed by atoms with van der Waals surface area (Å²) < 4.78 is 0. The van der Waals surface area contributed by atoms with Crippen LogP contribution in [-0.2, 0) is 4.79 Å².